The number of hydrogen-bond acceptors (Lipinski definition) is 8. The summed E-state index contributed by atoms with van der Waals surface area (Å²) in [6, 6.07) is 7.61. The molecule has 1 aliphatic rings. The van der Waals surface area contributed by atoms with Crippen LogP contribution in [0.1, 0.15) is 22.6 Å². The van der Waals surface area contributed by atoms with E-state index in [0.29, 0.717) is 5.82 Å². The van der Waals surface area contributed by atoms with Gasteiger partial charge in [-0.1, -0.05) is 17.3 Å². The van der Waals surface area contributed by atoms with Gasteiger partial charge in [-0.3, -0.25) is 4.90 Å². The Morgan fingerprint density at radius 2 is 1.94 bits per heavy atom. The first-order chi connectivity index (χ1) is 16.7. The summed E-state index contributed by atoms with van der Waals surface area (Å²) in [6.45, 7) is 9.81. The van der Waals surface area contributed by atoms with E-state index in [2.05, 4.69) is 33.6 Å². The van der Waals surface area contributed by atoms with Crippen molar-refractivity contribution < 1.29 is 14.3 Å². The molecule has 0 saturated carbocycles. The van der Waals surface area contributed by atoms with Gasteiger partial charge in [0, 0.05) is 37.4 Å². The van der Waals surface area contributed by atoms with Gasteiger partial charge in [-0.05, 0) is 31.5 Å². The van der Waals surface area contributed by atoms with Gasteiger partial charge in [-0.25, -0.2) is 14.5 Å². The number of hydrogen-bond donors (Lipinski definition) is 0. The lowest BCUT2D eigenvalue weighted by atomic mass is 10.2. The molecule has 1 saturated heterocycles. The van der Waals surface area contributed by atoms with Gasteiger partial charge in [0.1, 0.15) is 17.7 Å². The van der Waals surface area contributed by atoms with Crippen molar-refractivity contribution in [1.29, 1.82) is 0 Å². The van der Waals surface area contributed by atoms with Crippen LogP contribution >= 0.6 is 0 Å². The Hall–Kier alpha value is -3.50. The topological polar surface area (TPSA) is 91.3 Å². The van der Waals surface area contributed by atoms with Crippen LogP contribution in [0, 0.1) is 13.8 Å². The Bertz CT molecular complexity index is 1320. The number of nitrogens with zero attached hydrogens (tertiary/aromatic N) is 7. The van der Waals surface area contributed by atoms with Crippen molar-refractivity contribution in [1.82, 2.24) is 29.0 Å². The van der Waals surface area contributed by atoms with E-state index in [-0.39, 0.29) is 6.61 Å². The maximum absolute atomic E-state index is 5.47. The molecule has 3 aromatic heterocycles. The first kappa shape index (κ1) is 22.3. The minimum Gasteiger partial charge on any atom is -0.496 e. The third-order valence-electron chi connectivity index (χ3n) is 6.33. The second-order valence-electron chi connectivity index (χ2n) is 8.31. The molecule has 10 nitrogen and oxygen atoms in total. The molecule has 34 heavy (non-hydrogen) atoms. The number of methoxy groups -OCH3 is 1. The highest BCUT2D eigenvalue weighted by Gasteiger charge is 2.19. The molecule has 4 heterocycles. The lowest BCUT2D eigenvalue weighted by Crippen LogP contribution is -2.38. The number of aromatic nitrogens is 5. The Balaban J connectivity index is 1.34. The minimum atomic E-state index is 0.157. The fourth-order valence-electron chi connectivity index (χ4n) is 4.34. The smallest absolute Gasteiger partial charge is 0.192 e. The van der Waals surface area contributed by atoms with Crippen molar-refractivity contribution in [3.05, 3.63) is 53.2 Å². The van der Waals surface area contributed by atoms with Crippen LogP contribution in [0.5, 0.6) is 5.75 Å². The molecular formula is C24H29N7O3. The van der Waals surface area contributed by atoms with Crippen molar-refractivity contribution in [3.8, 4) is 5.75 Å². The minimum absolute atomic E-state index is 0.157. The molecule has 0 bridgehead atoms. The average Bonchev–Trinajstić information content (AvgIpc) is 3.39. The number of ether oxygens (including phenoxy) is 2. The largest absolute Gasteiger partial charge is 0.496 e. The monoisotopic (exact) mass is 463 g/mol. The summed E-state index contributed by atoms with van der Waals surface area (Å²) < 4.78 is 14.8. The fraction of sp³-hybridized carbons (Fsp3) is 0.417. The third-order valence-corrected chi connectivity index (χ3v) is 6.33. The Labute approximate surface area is 197 Å². The Kier molecular flexibility index (Phi) is 6.41. The van der Waals surface area contributed by atoms with Crippen LogP contribution in [0.3, 0.4) is 0 Å². The molecule has 1 fully saturated rings. The maximum Gasteiger partial charge on any atom is 0.192 e. The van der Waals surface area contributed by atoms with Gasteiger partial charge in [0.2, 0.25) is 0 Å². The van der Waals surface area contributed by atoms with Crippen LogP contribution in [0.25, 0.3) is 16.7 Å². The third kappa shape index (κ3) is 4.34. The number of para-hydroxylation sites is 1. The molecule has 0 radical (unpaired) electrons. The molecule has 10 heteroatoms. The number of rotatable bonds is 8. The first-order valence-electron chi connectivity index (χ1n) is 11.4. The summed E-state index contributed by atoms with van der Waals surface area (Å²) in [5.41, 5.74) is 4.92. The van der Waals surface area contributed by atoms with E-state index in [1.165, 1.54) is 11.3 Å². The SMILES string of the molecule is COc1ccccc1/C=N/OCc1nc2c3c(C)c(C)n(CCN4CCOCC4)c3ncn2n1. The molecule has 0 atom stereocenters. The molecule has 0 amide bonds. The number of oxime groups is 1. The number of morpholine rings is 1. The molecule has 5 rings (SSSR count). The maximum atomic E-state index is 5.47. The van der Waals surface area contributed by atoms with Crippen LogP contribution in [-0.2, 0) is 22.7 Å². The number of fused-ring (bicyclic) bond motifs is 3. The summed E-state index contributed by atoms with van der Waals surface area (Å²) in [5, 5.41) is 9.61. The standard InChI is InChI=1S/C24H29N7O3/c1-17-18(2)30(9-8-29-10-12-33-13-11-29)23-22(17)24-27-21(28-31(24)16-25-23)15-34-26-14-19-6-4-5-7-20(19)32-3/h4-7,14,16H,8-13,15H2,1-3H3/b26-14+. The predicted molar refractivity (Wildman–Crippen MR) is 128 cm³/mol. The highest BCUT2D eigenvalue weighted by Crippen LogP contribution is 2.27. The number of benzene rings is 1. The van der Waals surface area contributed by atoms with Crippen molar-refractivity contribution in [2.75, 3.05) is 40.0 Å². The molecule has 0 N–H and O–H groups in total. The Morgan fingerprint density at radius 3 is 2.76 bits per heavy atom. The van der Waals surface area contributed by atoms with E-state index in [1.807, 2.05) is 24.3 Å². The van der Waals surface area contributed by atoms with E-state index in [0.717, 1.165) is 67.4 Å². The van der Waals surface area contributed by atoms with E-state index in [9.17, 15) is 0 Å². The summed E-state index contributed by atoms with van der Waals surface area (Å²) in [6.07, 6.45) is 3.34. The number of aryl methyl sites for hydroxylation is 1. The van der Waals surface area contributed by atoms with Gasteiger partial charge in [-0.2, -0.15) is 0 Å². The van der Waals surface area contributed by atoms with E-state index < -0.39 is 0 Å². The molecular weight excluding hydrogens is 434 g/mol. The van der Waals surface area contributed by atoms with Crippen molar-refractivity contribution in [2.24, 2.45) is 5.16 Å². The Morgan fingerprint density at radius 1 is 1.12 bits per heavy atom. The van der Waals surface area contributed by atoms with Crippen LogP contribution in [0.2, 0.25) is 0 Å². The van der Waals surface area contributed by atoms with Crippen LogP contribution in [-0.4, -0.2) is 75.2 Å². The van der Waals surface area contributed by atoms with Crippen LogP contribution in [0.4, 0.5) is 0 Å². The lowest BCUT2D eigenvalue weighted by Gasteiger charge is -2.26. The lowest BCUT2D eigenvalue weighted by molar-refractivity contribution is 0.0364. The summed E-state index contributed by atoms with van der Waals surface area (Å²) in [5.74, 6) is 1.28. The predicted octanol–water partition coefficient (Wildman–Crippen LogP) is 2.59. The second-order valence-corrected chi connectivity index (χ2v) is 8.31. The molecule has 4 aromatic rings. The van der Waals surface area contributed by atoms with Crippen molar-refractivity contribution >= 4 is 22.9 Å². The molecule has 1 aliphatic heterocycles. The van der Waals surface area contributed by atoms with Crippen LogP contribution in [0.15, 0.2) is 35.7 Å². The van der Waals surface area contributed by atoms with Gasteiger partial charge in [0.05, 0.1) is 31.9 Å². The second kappa shape index (κ2) is 9.78. The van der Waals surface area contributed by atoms with E-state index in [1.54, 1.807) is 24.2 Å². The zero-order valence-corrected chi connectivity index (χ0v) is 19.8. The highest BCUT2D eigenvalue weighted by molar-refractivity contribution is 5.93. The first-order valence-corrected chi connectivity index (χ1v) is 11.4. The van der Waals surface area contributed by atoms with Gasteiger partial charge in [-0.15, -0.1) is 5.10 Å². The highest BCUT2D eigenvalue weighted by atomic mass is 16.6. The summed E-state index contributed by atoms with van der Waals surface area (Å²) in [4.78, 5) is 17.3. The van der Waals surface area contributed by atoms with Gasteiger partial charge in [0.25, 0.3) is 0 Å². The zero-order valence-electron chi connectivity index (χ0n) is 19.8. The van der Waals surface area contributed by atoms with E-state index in [4.69, 9.17) is 24.3 Å². The normalized spacial score (nSPS) is 15.0. The van der Waals surface area contributed by atoms with E-state index >= 15 is 0 Å². The van der Waals surface area contributed by atoms with Crippen LogP contribution < -0.4 is 4.74 Å². The summed E-state index contributed by atoms with van der Waals surface area (Å²) >= 11 is 0. The zero-order chi connectivity index (χ0) is 23.5. The van der Waals surface area contributed by atoms with Crippen molar-refractivity contribution in [3.63, 3.8) is 0 Å². The summed E-state index contributed by atoms with van der Waals surface area (Å²) in [7, 11) is 1.63. The molecule has 0 spiro atoms. The molecule has 1 aromatic carbocycles. The molecule has 0 aliphatic carbocycles. The van der Waals surface area contributed by atoms with Gasteiger partial charge in [0.15, 0.2) is 18.1 Å². The quantitative estimate of drug-likeness (QED) is 0.293. The molecule has 0 unspecified atom stereocenters. The molecule has 178 valence electrons. The average molecular weight is 464 g/mol. The van der Waals surface area contributed by atoms with Gasteiger partial charge >= 0.3 is 0 Å². The fourth-order valence-corrected chi connectivity index (χ4v) is 4.34. The van der Waals surface area contributed by atoms with Crippen molar-refractivity contribution in [2.45, 2.75) is 27.0 Å². The van der Waals surface area contributed by atoms with Gasteiger partial charge < -0.3 is 18.9 Å².